The molecule has 0 heterocycles. The molecule has 0 unspecified atom stereocenters. The Morgan fingerprint density at radius 3 is 2.22 bits per heavy atom. The van der Waals surface area contributed by atoms with Gasteiger partial charge in [0.05, 0.1) is 4.92 Å². The van der Waals surface area contributed by atoms with E-state index in [2.05, 4.69) is 10.6 Å². The molecule has 1 rings (SSSR count). The third-order valence-corrected chi connectivity index (χ3v) is 2.00. The van der Waals surface area contributed by atoms with Crippen LogP contribution in [-0.4, -0.2) is 24.2 Å². The van der Waals surface area contributed by atoms with Gasteiger partial charge >= 0.3 is 6.18 Å². The van der Waals surface area contributed by atoms with Crippen molar-refractivity contribution in [2.45, 2.75) is 13.1 Å². The van der Waals surface area contributed by atoms with Crippen molar-refractivity contribution in [3.8, 4) is 0 Å². The van der Waals surface area contributed by atoms with Crippen LogP contribution in [0.1, 0.15) is 6.92 Å². The SMILES string of the molecule is CCNc1cc(NCC(F)(F)F)cc([N+](=O)[O-])c1. The Morgan fingerprint density at radius 2 is 1.78 bits per heavy atom. The average Bonchev–Trinajstić information content (AvgIpc) is 2.25. The van der Waals surface area contributed by atoms with Gasteiger partial charge in [0.2, 0.25) is 0 Å². The first kappa shape index (κ1) is 14.1. The molecule has 0 aliphatic carbocycles. The Bertz CT molecular complexity index is 435. The van der Waals surface area contributed by atoms with Crippen molar-refractivity contribution in [1.82, 2.24) is 0 Å². The fourth-order valence-electron chi connectivity index (χ4n) is 1.33. The molecule has 0 aliphatic rings. The number of nitrogens with zero attached hydrogens (tertiary/aromatic N) is 1. The maximum Gasteiger partial charge on any atom is 0.405 e. The molecule has 0 atom stereocenters. The Kier molecular flexibility index (Phi) is 4.35. The second kappa shape index (κ2) is 5.56. The topological polar surface area (TPSA) is 67.2 Å². The molecule has 0 aromatic heterocycles. The molecule has 0 saturated heterocycles. The van der Waals surface area contributed by atoms with Crippen LogP contribution in [0.2, 0.25) is 0 Å². The van der Waals surface area contributed by atoms with Crippen molar-refractivity contribution in [1.29, 1.82) is 0 Å². The van der Waals surface area contributed by atoms with Gasteiger partial charge in [-0.15, -0.1) is 0 Å². The Morgan fingerprint density at radius 1 is 1.22 bits per heavy atom. The molecule has 2 N–H and O–H groups in total. The normalized spacial score (nSPS) is 11.1. The lowest BCUT2D eigenvalue weighted by molar-refractivity contribution is -0.384. The van der Waals surface area contributed by atoms with E-state index in [1.54, 1.807) is 6.92 Å². The first-order chi connectivity index (χ1) is 8.31. The van der Waals surface area contributed by atoms with Gasteiger partial charge in [0.1, 0.15) is 6.54 Å². The largest absolute Gasteiger partial charge is 0.405 e. The molecule has 0 fully saturated rings. The van der Waals surface area contributed by atoms with Crippen molar-refractivity contribution in [3.63, 3.8) is 0 Å². The zero-order valence-electron chi connectivity index (χ0n) is 9.54. The first-order valence-corrected chi connectivity index (χ1v) is 5.16. The van der Waals surface area contributed by atoms with Crippen LogP contribution >= 0.6 is 0 Å². The van der Waals surface area contributed by atoms with E-state index in [-0.39, 0.29) is 11.4 Å². The second-order valence-corrected chi connectivity index (χ2v) is 3.52. The lowest BCUT2D eigenvalue weighted by Gasteiger charge is -2.11. The number of non-ortho nitro benzene ring substituents is 1. The number of benzene rings is 1. The number of nitrogens with one attached hydrogen (secondary N) is 2. The third kappa shape index (κ3) is 4.48. The summed E-state index contributed by atoms with van der Waals surface area (Å²) in [6, 6.07) is 3.72. The molecule has 0 saturated carbocycles. The van der Waals surface area contributed by atoms with E-state index < -0.39 is 17.6 Å². The molecule has 0 radical (unpaired) electrons. The minimum Gasteiger partial charge on any atom is -0.385 e. The summed E-state index contributed by atoms with van der Waals surface area (Å²) < 4.78 is 36.1. The highest BCUT2D eigenvalue weighted by Gasteiger charge is 2.26. The molecule has 0 aliphatic heterocycles. The molecule has 1 aromatic rings. The van der Waals surface area contributed by atoms with E-state index in [1.807, 2.05) is 0 Å². The van der Waals surface area contributed by atoms with Crippen molar-refractivity contribution in [2.24, 2.45) is 0 Å². The number of nitro groups is 1. The van der Waals surface area contributed by atoms with Gasteiger partial charge in [-0.2, -0.15) is 13.2 Å². The van der Waals surface area contributed by atoms with E-state index in [0.717, 1.165) is 6.07 Å². The van der Waals surface area contributed by atoms with Crippen LogP contribution in [0.25, 0.3) is 0 Å². The molecule has 18 heavy (non-hydrogen) atoms. The molecule has 5 nitrogen and oxygen atoms in total. The number of rotatable bonds is 5. The van der Waals surface area contributed by atoms with Gasteiger partial charge in [-0.25, -0.2) is 0 Å². The van der Waals surface area contributed by atoms with Crippen molar-refractivity contribution in [2.75, 3.05) is 23.7 Å². The van der Waals surface area contributed by atoms with Crippen molar-refractivity contribution >= 4 is 17.1 Å². The fraction of sp³-hybridized carbons (Fsp3) is 0.400. The molecule has 8 heteroatoms. The number of halogens is 3. The van der Waals surface area contributed by atoms with Gasteiger partial charge in [-0.05, 0) is 13.0 Å². The predicted molar refractivity (Wildman–Crippen MR) is 61.8 cm³/mol. The summed E-state index contributed by atoms with van der Waals surface area (Å²) in [5, 5.41) is 15.6. The monoisotopic (exact) mass is 263 g/mol. The zero-order valence-corrected chi connectivity index (χ0v) is 9.54. The van der Waals surface area contributed by atoms with Crippen LogP contribution in [-0.2, 0) is 0 Å². The summed E-state index contributed by atoms with van der Waals surface area (Å²) in [6.45, 7) is 1.06. The van der Waals surface area contributed by atoms with E-state index in [1.165, 1.54) is 12.1 Å². The number of hydrogen-bond donors (Lipinski definition) is 2. The van der Waals surface area contributed by atoms with Gasteiger partial charge in [0.15, 0.2) is 0 Å². The summed E-state index contributed by atoms with van der Waals surface area (Å²) in [6.07, 6.45) is -4.37. The smallest absolute Gasteiger partial charge is 0.385 e. The van der Waals surface area contributed by atoms with E-state index >= 15 is 0 Å². The zero-order chi connectivity index (χ0) is 13.8. The van der Waals surface area contributed by atoms with Crippen LogP contribution in [0.3, 0.4) is 0 Å². The van der Waals surface area contributed by atoms with Crippen molar-refractivity contribution in [3.05, 3.63) is 28.3 Å². The van der Waals surface area contributed by atoms with Crippen LogP contribution in [0.4, 0.5) is 30.2 Å². The lowest BCUT2D eigenvalue weighted by Crippen LogP contribution is -2.21. The summed E-state index contributed by atoms with van der Waals surface area (Å²) in [5.74, 6) is 0. The summed E-state index contributed by atoms with van der Waals surface area (Å²) in [5.41, 5.74) is 0.187. The highest BCUT2D eigenvalue weighted by atomic mass is 19.4. The van der Waals surface area contributed by atoms with E-state index in [9.17, 15) is 23.3 Å². The Labute approximate surface area is 101 Å². The van der Waals surface area contributed by atoms with Crippen molar-refractivity contribution < 1.29 is 18.1 Å². The standard InChI is InChI=1S/C10H12F3N3O2/c1-2-14-7-3-8(15-6-10(11,12)13)5-9(4-7)16(17)18/h3-5,14-15H,2,6H2,1H3. The number of alkyl halides is 3. The highest BCUT2D eigenvalue weighted by Crippen LogP contribution is 2.25. The number of anilines is 2. The molecular formula is C10H12F3N3O2. The first-order valence-electron chi connectivity index (χ1n) is 5.16. The van der Waals surface area contributed by atoms with Gasteiger partial charge in [-0.1, -0.05) is 0 Å². The van der Waals surface area contributed by atoms with Gasteiger partial charge in [-0.3, -0.25) is 10.1 Å². The molecule has 1 aromatic carbocycles. The number of hydrogen-bond acceptors (Lipinski definition) is 4. The molecular weight excluding hydrogens is 251 g/mol. The van der Waals surface area contributed by atoms with Gasteiger partial charge < -0.3 is 10.6 Å². The molecule has 0 amide bonds. The maximum atomic E-state index is 12.0. The maximum absolute atomic E-state index is 12.0. The quantitative estimate of drug-likeness (QED) is 0.633. The summed E-state index contributed by atoms with van der Waals surface area (Å²) in [7, 11) is 0. The Balaban J connectivity index is 2.92. The Hall–Kier alpha value is -1.99. The number of nitro benzene ring substituents is 1. The predicted octanol–water partition coefficient (Wildman–Crippen LogP) is 3.00. The minimum atomic E-state index is -4.37. The van der Waals surface area contributed by atoms with E-state index in [0.29, 0.717) is 12.2 Å². The van der Waals surface area contributed by atoms with Gasteiger partial charge in [0.25, 0.3) is 5.69 Å². The summed E-state index contributed by atoms with van der Waals surface area (Å²) >= 11 is 0. The lowest BCUT2D eigenvalue weighted by atomic mass is 10.2. The second-order valence-electron chi connectivity index (χ2n) is 3.52. The highest BCUT2D eigenvalue weighted by molar-refractivity contribution is 5.63. The molecule has 0 bridgehead atoms. The van der Waals surface area contributed by atoms with Gasteiger partial charge in [0, 0.05) is 30.1 Å². The molecule has 100 valence electrons. The molecule has 0 spiro atoms. The minimum absolute atomic E-state index is 0.0532. The fourth-order valence-corrected chi connectivity index (χ4v) is 1.33. The van der Waals surface area contributed by atoms with E-state index in [4.69, 9.17) is 0 Å². The van der Waals surface area contributed by atoms with Crippen LogP contribution in [0, 0.1) is 10.1 Å². The third-order valence-electron chi connectivity index (χ3n) is 2.00. The average molecular weight is 263 g/mol. The van der Waals surface area contributed by atoms with Crippen LogP contribution < -0.4 is 10.6 Å². The van der Waals surface area contributed by atoms with Crippen LogP contribution in [0.15, 0.2) is 18.2 Å². The van der Waals surface area contributed by atoms with Crippen LogP contribution in [0.5, 0.6) is 0 Å². The summed E-state index contributed by atoms with van der Waals surface area (Å²) in [4.78, 5) is 9.99.